The Morgan fingerprint density at radius 2 is 1.83 bits per heavy atom. The van der Waals surface area contributed by atoms with Crippen LogP contribution in [0.3, 0.4) is 0 Å². The van der Waals surface area contributed by atoms with Crippen molar-refractivity contribution < 1.29 is 18.7 Å². The largest absolute Gasteiger partial charge is 0.387 e. The molecule has 0 fully saturated rings. The fourth-order valence-electron chi connectivity index (χ4n) is 2.36. The number of benzene rings is 2. The zero-order chi connectivity index (χ0) is 16.4. The second-order valence-electron chi connectivity index (χ2n) is 5.01. The van der Waals surface area contributed by atoms with E-state index in [1.807, 2.05) is 29.6 Å². The van der Waals surface area contributed by atoms with Crippen LogP contribution in [0.5, 0.6) is 0 Å². The first-order chi connectivity index (χ1) is 11.1. The van der Waals surface area contributed by atoms with Gasteiger partial charge in [0.2, 0.25) is 0 Å². The third-order valence-corrected chi connectivity index (χ3v) is 4.50. The Morgan fingerprint density at radius 1 is 1.13 bits per heavy atom. The Kier molecular flexibility index (Phi) is 4.36. The second-order valence-corrected chi connectivity index (χ2v) is 5.92. The van der Waals surface area contributed by atoms with Gasteiger partial charge in [0.25, 0.3) is 5.91 Å². The van der Waals surface area contributed by atoms with Crippen LogP contribution in [0.25, 0.3) is 10.1 Å². The number of halogens is 2. The number of hydrogen-bond acceptors (Lipinski definition) is 3. The molecule has 1 aromatic heterocycles. The molecule has 0 bridgehead atoms. The highest BCUT2D eigenvalue weighted by Gasteiger charge is 2.19. The molecule has 6 heteroatoms. The zero-order valence-corrected chi connectivity index (χ0v) is 12.7. The van der Waals surface area contributed by atoms with Crippen molar-refractivity contribution in [2.45, 2.75) is 6.10 Å². The number of fused-ring (bicyclic) bond motifs is 1. The Hall–Kier alpha value is -2.31. The lowest BCUT2D eigenvalue weighted by Gasteiger charge is -2.12. The molecule has 0 aliphatic heterocycles. The molecule has 1 amide bonds. The molecule has 3 aromatic rings. The highest BCUT2D eigenvalue weighted by molar-refractivity contribution is 7.17. The first kappa shape index (κ1) is 15.6. The first-order valence-electron chi connectivity index (χ1n) is 6.94. The van der Waals surface area contributed by atoms with Crippen molar-refractivity contribution in [2.75, 3.05) is 6.54 Å². The van der Waals surface area contributed by atoms with Crippen molar-refractivity contribution in [1.82, 2.24) is 5.32 Å². The van der Waals surface area contributed by atoms with Crippen LogP contribution in [0.2, 0.25) is 0 Å². The molecule has 0 aliphatic carbocycles. The maximum atomic E-state index is 13.5. The highest BCUT2D eigenvalue weighted by Crippen LogP contribution is 2.29. The van der Waals surface area contributed by atoms with Gasteiger partial charge in [-0.25, -0.2) is 8.78 Å². The summed E-state index contributed by atoms with van der Waals surface area (Å²) >= 11 is 1.49. The van der Waals surface area contributed by atoms with Crippen LogP contribution in [0.1, 0.15) is 22.0 Å². The third-order valence-electron chi connectivity index (χ3n) is 3.52. The molecule has 1 heterocycles. The number of aliphatic hydroxyl groups excluding tert-OH is 1. The molecule has 0 radical (unpaired) electrons. The standard InChI is InChI=1S/C17H13F2NO2S/c18-12-5-3-6-13(19)16(12)17(22)20-8-14(21)11-9-23-15-7-2-1-4-10(11)15/h1-7,9,14,21H,8H2,(H,20,22). The number of hydrogen-bond donors (Lipinski definition) is 2. The SMILES string of the molecule is O=C(NCC(O)c1csc2ccccc12)c1c(F)cccc1F. The molecule has 0 aliphatic rings. The Labute approximate surface area is 135 Å². The average Bonchev–Trinajstić information content (AvgIpc) is 2.96. The topological polar surface area (TPSA) is 49.3 Å². The molecule has 3 rings (SSSR count). The number of thiophene rings is 1. The molecule has 2 N–H and O–H groups in total. The second kappa shape index (κ2) is 6.44. The summed E-state index contributed by atoms with van der Waals surface area (Å²) in [6.45, 7) is -0.132. The summed E-state index contributed by atoms with van der Waals surface area (Å²) in [7, 11) is 0. The predicted octanol–water partition coefficient (Wildman–Crippen LogP) is 3.64. The highest BCUT2D eigenvalue weighted by atomic mass is 32.1. The summed E-state index contributed by atoms with van der Waals surface area (Å²) in [6.07, 6.45) is -0.954. The van der Waals surface area contributed by atoms with E-state index in [-0.39, 0.29) is 6.54 Å². The monoisotopic (exact) mass is 333 g/mol. The van der Waals surface area contributed by atoms with E-state index in [0.29, 0.717) is 5.56 Å². The maximum absolute atomic E-state index is 13.5. The summed E-state index contributed by atoms with van der Waals surface area (Å²) in [5.74, 6) is -2.75. The molecule has 118 valence electrons. The van der Waals surface area contributed by atoms with Crippen LogP contribution in [0.4, 0.5) is 8.78 Å². The van der Waals surface area contributed by atoms with E-state index in [9.17, 15) is 18.7 Å². The molecule has 0 spiro atoms. The van der Waals surface area contributed by atoms with E-state index in [1.165, 1.54) is 17.4 Å². The molecule has 1 unspecified atom stereocenters. The van der Waals surface area contributed by atoms with Crippen LogP contribution >= 0.6 is 11.3 Å². The van der Waals surface area contributed by atoms with Crippen LogP contribution < -0.4 is 5.32 Å². The molecule has 0 saturated carbocycles. The van der Waals surface area contributed by atoms with Crippen LogP contribution in [-0.4, -0.2) is 17.6 Å². The lowest BCUT2D eigenvalue weighted by Crippen LogP contribution is -2.29. The summed E-state index contributed by atoms with van der Waals surface area (Å²) in [4.78, 5) is 11.9. The van der Waals surface area contributed by atoms with E-state index < -0.39 is 29.2 Å². The van der Waals surface area contributed by atoms with Gasteiger partial charge in [0.15, 0.2) is 0 Å². The summed E-state index contributed by atoms with van der Waals surface area (Å²) < 4.78 is 28.1. The van der Waals surface area contributed by atoms with Gasteiger partial charge in [-0.05, 0) is 29.0 Å². The van der Waals surface area contributed by atoms with Crippen molar-refractivity contribution in [2.24, 2.45) is 0 Å². The quantitative estimate of drug-likeness (QED) is 0.766. The summed E-state index contributed by atoms with van der Waals surface area (Å²) in [6, 6.07) is 10.8. The lowest BCUT2D eigenvalue weighted by molar-refractivity contribution is 0.0908. The Morgan fingerprint density at radius 3 is 2.57 bits per heavy atom. The van der Waals surface area contributed by atoms with Gasteiger partial charge >= 0.3 is 0 Å². The summed E-state index contributed by atoms with van der Waals surface area (Å²) in [5.41, 5.74) is 0.0368. The predicted molar refractivity (Wildman–Crippen MR) is 85.5 cm³/mol. The van der Waals surface area contributed by atoms with Crippen LogP contribution in [0, 0.1) is 11.6 Å². The van der Waals surface area contributed by atoms with Crippen molar-refractivity contribution in [3.8, 4) is 0 Å². The minimum atomic E-state index is -0.954. The molecule has 2 aromatic carbocycles. The van der Waals surface area contributed by atoms with E-state index in [2.05, 4.69) is 5.32 Å². The van der Waals surface area contributed by atoms with Crippen molar-refractivity contribution in [3.63, 3.8) is 0 Å². The molecular formula is C17H13F2NO2S. The normalized spacial score (nSPS) is 12.3. The summed E-state index contributed by atoms with van der Waals surface area (Å²) in [5, 5.41) is 15.3. The smallest absolute Gasteiger partial charge is 0.257 e. The lowest BCUT2D eigenvalue weighted by atomic mass is 10.1. The van der Waals surface area contributed by atoms with Gasteiger partial charge in [-0.1, -0.05) is 24.3 Å². The van der Waals surface area contributed by atoms with Gasteiger partial charge in [0.05, 0.1) is 6.10 Å². The molecule has 3 nitrogen and oxygen atoms in total. The molecule has 23 heavy (non-hydrogen) atoms. The number of nitrogens with one attached hydrogen (secondary N) is 1. The Balaban J connectivity index is 1.74. The third kappa shape index (κ3) is 3.09. The van der Waals surface area contributed by atoms with Crippen molar-refractivity contribution >= 4 is 27.3 Å². The molecular weight excluding hydrogens is 320 g/mol. The van der Waals surface area contributed by atoms with E-state index in [0.717, 1.165) is 22.2 Å². The van der Waals surface area contributed by atoms with Crippen molar-refractivity contribution in [1.29, 1.82) is 0 Å². The van der Waals surface area contributed by atoms with Gasteiger partial charge in [-0.15, -0.1) is 11.3 Å². The van der Waals surface area contributed by atoms with E-state index >= 15 is 0 Å². The number of amides is 1. The fraction of sp³-hybridized carbons (Fsp3) is 0.118. The minimum Gasteiger partial charge on any atom is -0.387 e. The number of carbonyl (C=O) groups excluding carboxylic acids is 1. The van der Waals surface area contributed by atoms with E-state index in [4.69, 9.17) is 0 Å². The average molecular weight is 333 g/mol. The Bertz CT molecular complexity index is 842. The van der Waals surface area contributed by atoms with Gasteiger partial charge < -0.3 is 10.4 Å². The van der Waals surface area contributed by atoms with E-state index in [1.54, 1.807) is 0 Å². The fourth-order valence-corrected chi connectivity index (χ4v) is 3.37. The number of rotatable bonds is 4. The van der Waals surface area contributed by atoms with Gasteiger partial charge in [0, 0.05) is 16.8 Å². The first-order valence-corrected chi connectivity index (χ1v) is 7.82. The van der Waals surface area contributed by atoms with Gasteiger partial charge in [0.1, 0.15) is 17.2 Å². The van der Waals surface area contributed by atoms with Crippen molar-refractivity contribution in [3.05, 3.63) is 70.6 Å². The molecule has 1 atom stereocenters. The molecule has 0 saturated heterocycles. The minimum absolute atomic E-state index is 0.132. The number of aliphatic hydroxyl groups is 1. The van der Waals surface area contributed by atoms with Crippen LogP contribution in [-0.2, 0) is 0 Å². The van der Waals surface area contributed by atoms with Crippen LogP contribution in [0.15, 0.2) is 47.8 Å². The van der Waals surface area contributed by atoms with Gasteiger partial charge in [-0.3, -0.25) is 4.79 Å². The van der Waals surface area contributed by atoms with Gasteiger partial charge in [-0.2, -0.15) is 0 Å². The zero-order valence-electron chi connectivity index (χ0n) is 11.9. The maximum Gasteiger partial charge on any atom is 0.257 e. The number of carbonyl (C=O) groups is 1.